The maximum absolute atomic E-state index is 12.5. The number of hydrazone groups is 1. The molecule has 1 heterocycles. The monoisotopic (exact) mass is 444 g/mol. The zero-order valence-corrected chi connectivity index (χ0v) is 18.8. The molecule has 7 heteroatoms. The molecular formula is C25H24N4O2S. The summed E-state index contributed by atoms with van der Waals surface area (Å²) in [4.78, 5) is 17.2. The Balaban J connectivity index is 1.45. The van der Waals surface area contributed by atoms with Crippen molar-refractivity contribution in [2.45, 2.75) is 18.6 Å². The molecule has 0 spiro atoms. The number of ether oxygens (including phenoxy) is 1. The van der Waals surface area contributed by atoms with E-state index in [0.717, 1.165) is 27.5 Å². The van der Waals surface area contributed by atoms with Crippen LogP contribution in [0.4, 0.5) is 0 Å². The van der Waals surface area contributed by atoms with E-state index in [1.807, 2.05) is 67.6 Å². The summed E-state index contributed by atoms with van der Waals surface area (Å²) in [5.74, 6) is 0.777. The number of nitrogens with zero attached hydrogens (tertiary/aromatic N) is 3. The van der Waals surface area contributed by atoms with Gasteiger partial charge < -0.3 is 9.30 Å². The second-order valence-electron chi connectivity index (χ2n) is 7.21. The van der Waals surface area contributed by atoms with Crippen LogP contribution in [0.3, 0.4) is 0 Å². The predicted molar refractivity (Wildman–Crippen MR) is 129 cm³/mol. The lowest BCUT2D eigenvalue weighted by atomic mass is 10.1. The first-order valence-corrected chi connectivity index (χ1v) is 11.2. The third kappa shape index (κ3) is 5.18. The van der Waals surface area contributed by atoms with Crippen molar-refractivity contribution in [3.8, 4) is 5.75 Å². The van der Waals surface area contributed by atoms with Gasteiger partial charge >= 0.3 is 0 Å². The maximum Gasteiger partial charge on any atom is 0.250 e. The van der Waals surface area contributed by atoms with Gasteiger partial charge in [0.05, 0.1) is 36.2 Å². The number of thioether (sulfide) groups is 1. The van der Waals surface area contributed by atoms with Crippen LogP contribution in [-0.4, -0.2) is 34.0 Å². The molecule has 0 atom stereocenters. The van der Waals surface area contributed by atoms with Crippen LogP contribution in [0.2, 0.25) is 0 Å². The summed E-state index contributed by atoms with van der Waals surface area (Å²) in [5.41, 5.74) is 7.38. The average molecular weight is 445 g/mol. The van der Waals surface area contributed by atoms with E-state index >= 15 is 0 Å². The van der Waals surface area contributed by atoms with Crippen LogP contribution in [0.1, 0.15) is 18.1 Å². The van der Waals surface area contributed by atoms with Crippen LogP contribution in [0.15, 0.2) is 89.1 Å². The lowest BCUT2D eigenvalue weighted by Gasteiger charge is -2.09. The number of aromatic nitrogens is 2. The molecule has 1 amide bonds. The molecule has 0 aliphatic carbocycles. The average Bonchev–Trinajstić information content (AvgIpc) is 3.19. The molecule has 0 aliphatic heterocycles. The second-order valence-corrected chi connectivity index (χ2v) is 8.15. The van der Waals surface area contributed by atoms with Crippen LogP contribution in [0, 0.1) is 0 Å². The number of benzene rings is 3. The number of fused-ring (bicyclic) bond motifs is 1. The zero-order valence-electron chi connectivity index (χ0n) is 18.0. The SMILES string of the molecule is COc1cccc(C(C)=NNC(=O)CSc2nc3ccccc3n2Cc2ccccc2)c1. The second kappa shape index (κ2) is 10.2. The quantitative estimate of drug-likeness (QED) is 0.242. The highest BCUT2D eigenvalue weighted by molar-refractivity contribution is 7.99. The third-order valence-corrected chi connectivity index (χ3v) is 5.95. The van der Waals surface area contributed by atoms with Gasteiger partial charge in [-0.1, -0.05) is 66.4 Å². The highest BCUT2D eigenvalue weighted by Gasteiger charge is 2.13. The van der Waals surface area contributed by atoms with E-state index in [2.05, 4.69) is 33.3 Å². The molecule has 0 bridgehead atoms. The summed E-state index contributed by atoms with van der Waals surface area (Å²) in [7, 11) is 1.62. The molecule has 4 aromatic rings. The first kappa shape index (κ1) is 21.6. The van der Waals surface area contributed by atoms with E-state index in [1.165, 1.54) is 17.3 Å². The van der Waals surface area contributed by atoms with Crippen molar-refractivity contribution in [2.24, 2.45) is 5.10 Å². The van der Waals surface area contributed by atoms with E-state index in [0.29, 0.717) is 12.3 Å². The molecule has 1 aromatic heterocycles. The van der Waals surface area contributed by atoms with Crippen molar-refractivity contribution in [3.05, 3.63) is 90.0 Å². The molecule has 32 heavy (non-hydrogen) atoms. The smallest absolute Gasteiger partial charge is 0.250 e. The third-order valence-electron chi connectivity index (χ3n) is 4.97. The normalized spacial score (nSPS) is 11.5. The van der Waals surface area contributed by atoms with Crippen LogP contribution in [0.25, 0.3) is 11.0 Å². The number of amides is 1. The molecule has 4 rings (SSSR count). The number of rotatable bonds is 8. The lowest BCUT2D eigenvalue weighted by Crippen LogP contribution is -2.21. The Kier molecular flexibility index (Phi) is 6.87. The molecule has 6 nitrogen and oxygen atoms in total. The lowest BCUT2D eigenvalue weighted by molar-refractivity contribution is -0.118. The van der Waals surface area contributed by atoms with Crippen molar-refractivity contribution in [2.75, 3.05) is 12.9 Å². The Labute approximate surface area is 191 Å². The number of carbonyl (C=O) groups excluding carboxylic acids is 1. The highest BCUT2D eigenvalue weighted by atomic mass is 32.2. The Morgan fingerprint density at radius 2 is 1.84 bits per heavy atom. The summed E-state index contributed by atoms with van der Waals surface area (Å²) in [6.45, 7) is 2.54. The van der Waals surface area contributed by atoms with Gasteiger partial charge in [-0.3, -0.25) is 4.79 Å². The number of imidazole rings is 1. The van der Waals surface area contributed by atoms with Crippen molar-refractivity contribution in [1.82, 2.24) is 15.0 Å². The number of para-hydroxylation sites is 2. The molecule has 162 valence electrons. The van der Waals surface area contributed by atoms with Crippen molar-refractivity contribution in [1.29, 1.82) is 0 Å². The van der Waals surface area contributed by atoms with E-state index in [-0.39, 0.29) is 11.7 Å². The fourth-order valence-electron chi connectivity index (χ4n) is 3.30. The minimum atomic E-state index is -0.185. The first-order chi connectivity index (χ1) is 15.6. The molecule has 1 N–H and O–H groups in total. The number of hydrogen-bond donors (Lipinski definition) is 1. The molecule has 0 radical (unpaired) electrons. The van der Waals surface area contributed by atoms with E-state index in [9.17, 15) is 4.79 Å². The van der Waals surface area contributed by atoms with Gasteiger partial charge in [0.25, 0.3) is 5.91 Å². The molecule has 0 saturated heterocycles. The fraction of sp³-hybridized carbons (Fsp3) is 0.160. The van der Waals surface area contributed by atoms with Crippen LogP contribution in [-0.2, 0) is 11.3 Å². The fourth-order valence-corrected chi connectivity index (χ4v) is 4.11. The van der Waals surface area contributed by atoms with Gasteiger partial charge in [-0.2, -0.15) is 5.10 Å². The maximum atomic E-state index is 12.5. The molecule has 0 aliphatic rings. The van der Waals surface area contributed by atoms with Crippen LogP contribution < -0.4 is 10.2 Å². The Bertz CT molecular complexity index is 1250. The zero-order chi connectivity index (χ0) is 22.3. The van der Waals surface area contributed by atoms with E-state index in [4.69, 9.17) is 9.72 Å². The number of nitrogens with one attached hydrogen (secondary N) is 1. The van der Waals surface area contributed by atoms with Gasteiger partial charge in [-0.25, -0.2) is 10.4 Å². The summed E-state index contributed by atoms with van der Waals surface area (Å²) < 4.78 is 7.39. The summed E-state index contributed by atoms with van der Waals surface area (Å²) in [6, 6.07) is 25.8. The Morgan fingerprint density at radius 3 is 2.66 bits per heavy atom. The largest absolute Gasteiger partial charge is 0.497 e. The highest BCUT2D eigenvalue weighted by Crippen LogP contribution is 2.25. The van der Waals surface area contributed by atoms with Gasteiger partial charge in [0.2, 0.25) is 0 Å². The van der Waals surface area contributed by atoms with Gasteiger partial charge in [0, 0.05) is 5.56 Å². The van der Waals surface area contributed by atoms with E-state index in [1.54, 1.807) is 7.11 Å². The van der Waals surface area contributed by atoms with Crippen molar-refractivity contribution < 1.29 is 9.53 Å². The Hall–Kier alpha value is -3.58. The van der Waals surface area contributed by atoms with E-state index < -0.39 is 0 Å². The van der Waals surface area contributed by atoms with Gasteiger partial charge in [0.1, 0.15) is 5.75 Å². The number of methoxy groups -OCH3 is 1. The molecule has 3 aromatic carbocycles. The van der Waals surface area contributed by atoms with Crippen molar-refractivity contribution >= 4 is 34.4 Å². The van der Waals surface area contributed by atoms with Crippen LogP contribution in [0.5, 0.6) is 5.75 Å². The van der Waals surface area contributed by atoms with Gasteiger partial charge in [0.15, 0.2) is 5.16 Å². The first-order valence-electron chi connectivity index (χ1n) is 10.2. The van der Waals surface area contributed by atoms with Gasteiger partial charge in [-0.05, 0) is 36.8 Å². The standard InChI is InChI=1S/C25H24N4O2S/c1-18(20-11-8-12-21(15-20)31-2)27-28-24(30)17-32-25-26-22-13-6-7-14-23(22)29(25)16-19-9-4-3-5-10-19/h3-15H,16-17H2,1-2H3,(H,28,30). The van der Waals surface area contributed by atoms with Crippen LogP contribution >= 0.6 is 11.8 Å². The molecule has 0 saturated carbocycles. The molecular weight excluding hydrogens is 420 g/mol. The summed E-state index contributed by atoms with van der Waals surface area (Å²) >= 11 is 1.40. The molecule has 0 unspecified atom stereocenters. The summed E-state index contributed by atoms with van der Waals surface area (Å²) in [6.07, 6.45) is 0. The number of carbonyl (C=O) groups is 1. The predicted octanol–water partition coefficient (Wildman–Crippen LogP) is 4.73. The molecule has 0 fully saturated rings. The minimum absolute atomic E-state index is 0.185. The van der Waals surface area contributed by atoms with Crippen molar-refractivity contribution in [3.63, 3.8) is 0 Å². The Morgan fingerprint density at radius 1 is 1.06 bits per heavy atom. The van der Waals surface area contributed by atoms with Gasteiger partial charge in [-0.15, -0.1) is 0 Å². The topological polar surface area (TPSA) is 68.5 Å². The summed E-state index contributed by atoms with van der Waals surface area (Å²) in [5, 5.41) is 5.04. The minimum Gasteiger partial charge on any atom is -0.497 e. The number of hydrogen-bond acceptors (Lipinski definition) is 5.